The van der Waals surface area contributed by atoms with Crippen LogP contribution in [0, 0.1) is 0 Å². The molecule has 3 rings (SSSR count). The second-order valence-corrected chi connectivity index (χ2v) is 6.22. The second kappa shape index (κ2) is 5.44. The van der Waals surface area contributed by atoms with E-state index in [4.69, 9.17) is 0 Å². The van der Waals surface area contributed by atoms with Crippen LogP contribution in [0.2, 0.25) is 0 Å². The standard InChI is InChI=1S/C16H24N4/c1-16(2)18-11-15(19-8-3-4-9-19)13-20(16)12-14-6-5-7-17-10-14/h5-7,10,13,18H,3-4,8-9,11-12H2,1-2H3. The highest BCUT2D eigenvalue weighted by Crippen LogP contribution is 2.24. The lowest BCUT2D eigenvalue weighted by Gasteiger charge is -2.44. The van der Waals surface area contributed by atoms with Gasteiger partial charge in [-0.25, -0.2) is 0 Å². The van der Waals surface area contributed by atoms with Gasteiger partial charge in [0.1, 0.15) is 0 Å². The quantitative estimate of drug-likeness (QED) is 0.913. The van der Waals surface area contributed by atoms with Crippen LogP contribution in [-0.2, 0) is 6.54 Å². The Bertz CT molecular complexity index is 475. The average Bonchev–Trinajstić information content (AvgIpc) is 2.96. The molecule has 0 bridgehead atoms. The van der Waals surface area contributed by atoms with Crippen molar-refractivity contribution in [2.24, 2.45) is 0 Å². The molecule has 0 atom stereocenters. The molecule has 3 heterocycles. The molecule has 2 aliphatic rings. The highest BCUT2D eigenvalue weighted by Gasteiger charge is 2.30. The minimum atomic E-state index is -0.0148. The largest absolute Gasteiger partial charge is 0.373 e. The van der Waals surface area contributed by atoms with Gasteiger partial charge in [-0.3, -0.25) is 10.3 Å². The van der Waals surface area contributed by atoms with E-state index in [0.29, 0.717) is 0 Å². The zero-order chi connectivity index (χ0) is 14.0. The predicted octanol–water partition coefficient (Wildman–Crippen LogP) is 2.16. The van der Waals surface area contributed by atoms with Crippen LogP contribution in [0.3, 0.4) is 0 Å². The van der Waals surface area contributed by atoms with Crippen molar-refractivity contribution >= 4 is 0 Å². The van der Waals surface area contributed by atoms with Crippen LogP contribution in [-0.4, -0.2) is 40.1 Å². The van der Waals surface area contributed by atoms with Crippen molar-refractivity contribution in [3.63, 3.8) is 0 Å². The Morgan fingerprint density at radius 3 is 2.80 bits per heavy atom. The molecule has 1 saturated heterocycles. The van der Waals surface area contributed by atoms with Crippen LogP contribution in [0.5, 0.6) is 0 Å². The van der Waals surface area contributed by atoms with Crippen molar-refractivity contribution in [1.29, 1.82) is 0 Å². The van der Waals surface area contributed by atoms with Crippen LogP contribution < -0.4 is 5.32 Å². The van der Waals surface area contributed by atoms with Gasteiger partial charge < -0.3 is 9.80 Å². The summed E-state index contributed by atoms with van der Waals surface area (Å²) in [6, 6.07) is 4.14. The topological polar surface area (TPSA) is 31.4 Å². The van der Waals surface area contributed by atoms with E-state index < -0.39 is 0 Å². The third kappa shape index (κ3) is 2.80. The number of hydrogen-bond donors (Lipinski definition) is 1. The first-order chi connectivity index (χ1) is 9.65. The van der Waals surface area contributed by atoms with Gasteiger partial charge in [-0.15, -0.1) is 0 Å². The van der Waals surface area contributed by atoms with E-state index >= 15 is 0 Å². The fraction of sp³-hybridized carbons (Fsp3) is 0.562. The Morgan fingerprint density at radius 2 is 2.10 bits per heavy atom. The lowest BCUT2D eigenvalue weighted by atomic mass is 10.1. The Morgan fingerprint density at radius 1 is 1.30 bits per heavy atom. The molecule has 4 nitrogen and oxygen atoms in total. The van der Waals surface area contributed by atoms with Gasteiger partial charge in [-0.1, -0.05) is 6.07 Å². The van der Waals surface area contributed by atoms with Gasteiger partial charge in [0.2, 0.25) is 0 Å². The molecule has 1 N–H and O–H groups in total. The highest BCUT2D eigenvalue weighted by molar-refractivity contribution is 5.15. The van der Waals surface area contributed by atoms with Crippen LogP contribution in [0.15, 0.2) is 36.4 Å². The van der Waals surface area contributed by atoms with E-state index in [1.807, 2.05) is 18.5 Å². The highest BCUT2D eigenvalue weighted by atomic mass is 15.3. The third-order valence-electron chi connectivity index (χ3n) is 4.31. The number of aromatic nitrogens is 1. The molecule has 20 heavy (non-hydrogen) atoms. The molecule has 0 spiro atoms. The average molecular weight is 272 g/mol. The van der Waals surface area contributed by atoms with Crippen molar-refractivity contribution in [1.82, 2.24) is 20.1 Å². The summed E-state index contributed by atoms with van der Waals surface area (Å²) in [7, 11) is 0. The van der Waals surface area contributed by atoms with Gasteiger partial charge in [0.15, 0.2) is 0 Å². The van der Waals surface area contributed by atoms with Gasteiger partial charge in [-0.2, -0.15) is 0 Å². The summed E-state index contributed by atoms with van der Waals surface area (Å²) in [5, 5.41) is 3.65. The number of nitrogens with one attached hydrogen (secondary N) is 1. The lowest BCUT2D eigenvalue weighted by Crippen LogP contribution is -2.56. The number of pyridine rings is 1. The third-order valence-corrected chi connectivity index (χ3v) is 4.31. The van der Waals surface area contributed by atoms with Crippen LogP contribution >= 0.6 is 0 Å². The maximum absolute atomic E-state index is 4.22. The van der Waals surface area contributed by atoms with Crippen LogP contribution in [0.25, 0.3) is 0 Å². The minimum Gasteiger partial charge on any atom is -0.373 e. The number of nitrogens with zero attached hydrogens (tertiary/aromatic N) is 3. The monoisotopic (exact) mass is 272 g/mol. The summed E-state index contributed by atoms with van der Waals surface area (Å²) < 4.78 is 0. The predicted molar refractivity (Wildman–Crippen MR) is 80.8 cm³/mol. The van der Waals surface area contributed by atoms with Crippen molar-refractivity contribution in [3.8, 4) is 0 Å². The van der Waals surface area contributed by atoms with Gasteiger partial charge >= 0.3 is 0 Å². The summed E-state index contributed by atoms with van der Waals surface area (Å²) in [4.78, 5) is 9.12. The first-order valence-corrected chi connectivity index (χ1v) is 7.51. The molecule has 1 fully saturated rings. The summed E-state index contributed by atoms with van der Waals surface area (Å²) in [5.41, 5.74) is 2.66. The van der Waals surface area contributed by atoms with Crippen LogP contribution in [0.4, 0.5) is 0 Å². The zero-order valence-electron chi connectivity index (χ0n) is 12.5. The zero-order valence-corrected chi connectivity index (χ0v) is 12.5. The molecule has 0 amide bonds. The summed E-state index contributed by atoms with van der Waals surface area (Å²) in [6.45, 7) is 8.74. The van der Waals surface area contributed by atoms with Gasteiger partial charge in [-0.05, 0) is 38.3 Å². The molecule has 108 valence electrons. The smallest absolute Gasteiger partial charge is 0.0852 e. The molecule has 1 aromatic rings. The number of likely N-dealkylation sites (tertiary alicyclic amines) is 1. The maximum atomic E-state index is 4.22. The molecule has 2 aliphatic heterocycles. The fourth-order valence-electron chi connectivity index (χ4n) is 2.92. The molecular weight excluding hydrogens is 248 g/mol. The molecule has 0 aromatic carbocycles. The molecule has 0 unspecified atom stereocenters. The van der Waals surface area contributed by atoms with E-state index in [2.05, 4.69) is 46.2 Å². The van der Waals surface area contributed by atoms with Crippen molar-refractivity contribution < 1.29 is 0 Å². The molecule has 0 radical (unpaired) electrons. The summed E-state index contributed by atoms with van der Waals surface area (Å²) in [6.07, 6.45) is 8.77. The minimum absolute atomic E-state index is 0.0148. The Labute approximate surface area is 121 Å². The van der Waals surface area contributed by atoms with Crippen molar-refractivity contribution in [2.75, 3.05) is 19.6 Å². The number of hydrogen-bond acceptors (Lipinski definition) is 4. The Balaban J connectivity index is 1.79. The van der Waals surface area contributed by atoms with Crippen molar-refractivity contribution in [3.05, 3.63) is 42.0 Å². The van der Waals surface area contributed by atoms with Crippen LogP contribution in [0.1, 0.15) is 32.3 Å². The SMILES string of the molecule is CC1(C)NCC(N2CCCC2)=CN1Cc1cccnc1. The molecular formula is C16H24N4. The maximum Gasteiger partial charge on any atom is 0.0852 e. The van der Waals surface area contributed by atoms with Crippen molar-refractivity contribution in [2.45, 2.75) is 38.9 Å². The molecule has 0 saturated carbocycles. The first-order valence-electron chi connectivity index (χ1n) is 7.51. The van der Waals surface area contributed by atoms with Gasteiger partial charge in [0, 0.05) is 50.5 Å². The number of rotatable bonds is 3. The lowest BCUT2D eigenvalue weighted by molar-refractivity contribution is 0.114. The molecule has 1 aromatic heterocycles. The Hall–Kier alpha value is -1.55. The normalized spacial score (nSPS) is 22.0. The summed E-state index contributed by atoms with van der Waals surface area (Å²) in [5.74, 6) is 0. The van der Waals surface area contributed by atoms with E-state index in [0.717, 1.165) is 13.1 Å². The van der Waals surface area contributed by atoms with E-state index in [9.17, 15) is 0 Å². The molecule has 0 aliphatic carbocycles. The molecule has 4 heteroatoms. The first kappa shape index (κ1) is 13.4. The Kier molecular flexibility index (Phi) is 3.66. The van der Waals surface area contributed by atoms with E-state index in [1.54, 1.807) is 0 Å². The van der Waals surface area contributed by atoms with Gasteiger partial charge in [0.05, 0.1) is 5.66 Å². The second-order valence-electron chi connectivity index (χ2n) is 6.22. The summed E-state index contributed by atoms with van der Waals surface area (Å²) >= 11 is 0. The van der Waals surface area contributed by atoms with E-state index in [-0.39, 0.29) is 5.66 Å². The van der Waals surface area contributed by atoms with Gasteiger partial charge in [0.25, 0.3) is 0 Å². The van der Waals surface area contributed by atoms with E-state index in [1.165, 1.54) is 37.2 Å². The fourth-order valence-corrected chi connectivity index (χ4v) is 2.92.